The van der Waals surface area contributed by atoms with Crippen molar-refractivity contribution in [3.05, 3.63) is 0 Å². The van der Waals surface area contributed by atoms with Crippen LogP contribution in [0.15, 0.2) is 5.10 Å². The average molecular weight is 182 g/mol. The quantitative estimate of drug-likeness (QED) is 0.284. The largest absolute Gasteiger partial charge is 0.368 e. The van der Waals surface area contributed by atoms with Crippen molar-refractivity contribution in [3.63, 3.8) is 0 Å². The molecule has 2 saturated carbocycles. The maximum atomic E-state index is 5.72. The Morgan fingerprint density at radius 3 is 1.92 bits per heavy atom. The molecule has 0 unspecified atom stereocenters. The van der Waals surface area contributed by atoms with Gasteiger partial charge in [0.15, 0.2) is 0 Å². The van der Waals surface area contributed by atoms with Crippen LogP contribution >= 0.6 is 0 Å². The van der Waals surface area contributed by atoms with Gasteiger partial charge >= 0.3 is 0 Å². The van der Waals surface area contributed by atoms with Crippen LogP contribution in [0.5, 0.6) is 0 Å². The molecule has 0 aromatic heterocycles. The van der Waals surface area contributed by atoms with Crippen LogP contribution in [0.3, 0.4) is 0 Å². The van der Waals surface area contributed by atoms with Crippen molar-refractivity contribution in [1.82, 2.24) is 4.90 Å². The highest BCUT2D eigenvalue weighted by Crippen LogP contribution is 2.33. The molecule has 0 radical (unpaired) electrons. The fourth-order valence-electron chi connectivity index (χ4n) is 1.57. The number of rotatable bonds is 4. The van der Waals surface area contributed by atoms with Gasteiger partial charge in [-0.15, -0.1) is 5.10 Å². The van der Waals surface area contributed by atoms with Gasteiger partial charge in [0.25, 0.3) is 0 Å². The Kier molecular flexibility index (Phi) is 2.29. The summed E-state index contributed by atoms with van der Waals surface area (Å²) in [5, 5.41) is 3.57. The molecule has 0 aliphatic heterocycles. The smallest absolute Gasteiger partial charge is 0.213 e. The van der Waals surface area contributed by atoms with Gasteiger partial charge in [0.05, 0.1) is 0 Å². The number of nitrogens with two attached hydrogens (primary N) is 2. The molecule has 2 fully saturated rings. The molecule has 0 amide bonds. The molecule has 13 heavy (non-hydrogen) atoms. The molecule has 2 aliphatic rings. The summed E-state index contributed by atoms with van der Waals surface area (Å²) in [6, 6.07) is 0. The van der Waals surface area contributed by atoms with Gasteiger partial charge in [-0.05, 0) is 37.5 Å². The molecular weight excluding hydrogens is 164 g/mol. The molecule has 0 bridgehead atoms. The normalized spacial score (nSPS) is 23.2. The molecule has 4 N–H and O–H groups in total. The van der Waals surface area contributed by atoms with E-state index in [1.54, 1.807) is 0 Å². The molecule has 2 rings (SSSR count). The fraction of sp³-hybridized carbons (Fsp3) is 0.889. The molecule has 2 aliphatic carbocycles. The maximum Gasteiger partial charge on any atom is 0.213 e. The summed E-state index contributed by atoms with van der Waals surface area (Å²) in [6.45, 7) is 2.12. The monoisotopic (exact) mass is 182 g/mol. The molecule has 4 nitrogen and oxygen atoms in total. The second kappa shape index (κ2) is 3.44. The van der Waals surface area contributed by atoms with Gasteiger partial charge < -0.3 is 16.5 Å². The Bertz CT molecular complexity index is 192. The fourth-order valence-corrected chi connectivity index (χ4v) is 1.57. The lowest BCUT2D eigenvalue weighted by atomic mass is 10.3. The van der Waals surface area contributed by atoms with E-state index < -0.39 is 0 Å². The van der Waals surface area contributed by atoms with E-state index in [1.165, 1.54) is 25.7 Å². The first-order chi connectivity index (χ1) is 6.29. The minimum atomic E-state index is 0.513. The Balaban J connectivity index is 1.83. The van der Waals surface area contributed by atoms with Gasteiger partial charge in [-0.25, -0.2) is 0 Å². The minimum absolute atomic E-state index is 0.513. The highest BCUT2D eigenvalue weighted by Gasteiger charge is 2.29. The van der Waals surface area contributed by atoms with Crippen LogP contribution < -0.4 is 11.6 Å². The Morgan fingerprint density at radius 2 is 1.62 bits per heavy atom. The van der Waals surface area contributed by atoms with Crippen molar-refractivity contribution in [2.24, 2.45) is 28.5 Å². The van der Waals surface area contributed by atoms with Crippen molar-refractivity contribution in [2.75, 3.05) is 13.1 Å². The van der Waals surface area contributed by atoms with Crippen molar-refractivity contribution in [2.45, 2.75) is 25.7 Å². The van der Waals surface area contributed by atoms with Gasteiger partial charge in [-0.2, -0.15) is 0 Å². The first-order valence-corrected chi connectivity index (χ1v) is 5.08. The molecule has 0 aromatic rings. The molecule has 0 aromatic carbocycles. The number of guanidine groups is 1. The SMILES string of the molecule is NN=C(N)N(CC1CC1)CC1CC1. The van der Waals surface area contributed by atoms with Crippen molar-refractivity contribution >= 4 is 5.96 Å². The third-order valence-electron chi connectivity index (χ3n) is 2.81. The minimum Gasteiger partial charge on any atom is -0.368 e. The molecule has 0 saturated heterocycles. The van der Waals surface area contributed by atoms with Gasteiger partial charge in [0.2, 0.25) is 5.96 Å². The lowest BCUT2D eigenvalue weighted by molar-refractivity contribution is 0.378. The van der Waals surface area contributed by atoms with Crippen LogP contribution in [0.25, 0.3) is 0 Å². The number of hydrogen-bond donors (Lipinski definition) is 2. The second-order valence-electron chi connectivity index (χ2n) is 4.28. The average Bonchev–Trinajstić information content (AvgIpc) is 2.94. The van der Waals surface area contributed by atoms with Gasteiger partial charge in [-0.3, -0.25) is 0 Å². The first-order valence-electron chi connectivity index (χ1n) is 5.08. The molecule has 74 valence electrons. The van der Waals surface area contributed by atoms with E-state index in [2.05, 4.69) is 10.0 Å². The Morgan fingerprint density at radius 1 is 1.15 bits per heavy atom. The zero-order valence-electron chi connectivity index (χ0n) is 7.95. The Hall–Kier alpha value is -0.930. The van der Waals surface area contributed by atoms with Crippen LogP contribution in [0.2, 0.25) is 0 Å². The third kappa shape index (κ3) is 2.50. The van der Waals surface area contributed by atoms with Crippen LogP contribution in [0.4, 0.5) is 0 Å². The standard InChI is InChI=1S/C9H18N4/c10-9(12-11)13(5-7-1-2-7)6-8-3-4-8/h7-8H,1-6,11H2,(H2,10,12). The first kappa shape index (κ1) is 8.66. The van der Waals surface area contributed by atoms with Crippen molar-refractivity contribution in [1.29, 1.82) is 0 Å². The number of hydrogen-bond acceptors (Lipinski definition) is 2. The summed E-state index contributed by atoms with van der Waals surface area (Å²) in [5.74, 6) is 7.39. The lowest BCUT2D eigenvalue weighted by Crippen LogP contribution is -2.40. The predicted octanol–water partition coefficient (Wildman–Crippen LogP) is 0.297. The van der Waals surface area contributed by atoms with Crippen LogP contribution in [0.1, 0.15) is 25.7 Å². The summed E-state index contributed by atoms with van der Waals surface area (Å²) >= 11 is 0. The van der Waals surface area contributed by atoms with Crippen molar-refractivity contribution < 1.29 is 0 Å². The number of nitrogens with zero attached hydrogens (tertiary/aromatic N) is 2. The van der Waals surface area contributed by atoms with E-state index in [-0.39, 0.29) is 0 Å². The van der Waals surface area contributed by atoms with E-state index in [4.69, 9.17) is 11.6 Å². The summed E-state index contributed by atoms with van der Waals surface area (Å²) in [6.07, 6.45) is 5.38. The van der Waals surface area contributed by atoms with E-state index in [9.17, 15) is 0 Å². The van der Waals surface area contributed by atoms with E-state index in [1.807, 2.05) is 0 Å². The van der Waals surface area contributed by atoms with Gasteiger partial charge in [-0.1, -0.05) is 0 Å². The summed E-state index contributed by atoms with van der Waals surface area (Å²) in [7, 11) is 0. The van der Waals surface area contributed by atoms with Gasteiger partial charge in [0.1, 0.15) is 0 Å². The van der Waals surface area contributed by atoms with Crippen LogP contribution in [0, 0.1) is 11.8 Å². The lowest BCUT2D eigenvalue weighted by Gasteiger charge is -2.22. The maximum absolute atomic E-state index is 5.72. The highest BCUT2D eigenvalue weighted by atomic mass is 15.3. The zero-order chi connectivity index (χ0) is 9.26. The van der Waals surface area contributed by atoms with E-state index in [0.717, 1.165) is 24.9 Å². The zero-order valence-corrected chi connectivity index (χ0v) is 7.95. The molecule has 0 heterocycles. The van der Waals surface area contributed by atoms with Crippen molar-refractivity contribution in [3.8, 4) is 0 Å². The summed E-state index contributed by atoms with van der Waals surface area (Å²) in [5.41, 5.74) is 5.72. The second-order valence-corrected chi connectivity index (χ2v) is 4.28. The van der Waals surface area contributed by atoms with Gasteiger partial charge in [0, 0.05) is 13.1 Å². The Labute approximate surface area is 79.0 Å². The van der Waals surface area contributed by atoms with Crippen LogP contribution in [-0.2, 0) is 0 Å². The van der Waals surface area contributed by atoms with E-state index in [0.29, 0.717) is 5.96 Å². The summed E-state index contributed by atoms with van der Waals surface area (Å²) < 4.78 is 0. The van der Waals surface area contributed by atoms with E-state index >= 15 is 0 Å². The number of hydrazone groups is 1. The molecule has 0 atom stereocenters. The topological polar surface area (TPSA) is 67.6 Å². The molecule has 0 spiro atoms. The third-order valence-corrected chi connectivity index (χ3v) is 2.81. The summed E-state index contributed by atoms with van der Waals surface area (Å²) in [4.78, 5) is 2.15. The highest BCUT2D eigenvalue weighted by molar-refractivity contribution is 5.77. The van der Waals surface area contributed by atoms with Crippen LogP contribution in [-0.4, -0.2) is 23.9 Å². The predicted molar refractivity (Wildman–Crippen MR) is 52.8 cm³/mol. The molecule has 4 heteroatoms. The molecular formula is C9H18N4.